The highest BCUT2D eigenvalue weighted by atomic mass is 16.5. The molecule has 2 aromatic heterocycles. The number of anilines is 1. The van der Waals surface area contributed by atoms with Gasteiger partial charge >= 0.3 is 5.97 Å². The number of aryl methyl sites for hydroxylation is 1. The Morgan fingerprint density at radius 1 is 1.33 bits per heavy atom. The first-order valence-corrected chi connectivity index (χ1v) is 5.85. The van der Waals surface area contributed by atoms with Gasteiger partial charge in [0.05, 0.1) is 6.61 Å². The Labute approximate surface area is 104 Å². The third-order valence-corrected chi connectivity index (χ3v) is 2.37. The molecule has 0 unspecified atom stereocenters. The topological polar surface area (TPSA) is 107 Å². The van der Waals surface area contributed by atoms with Crippen LogP contribution in [0.3, 0.4) is 0 Å². The van der Waals surface area contributed by atoms with Gasteiger partial charge in [-0.05, 0) is 13.3 Å². The molecule has 0 aliphatic rings. The first kappa shape index (κ1) is 12.3. The summed E-state index contributed by atoms with van der Waals surface area (Å²) in [7, 11) is 0. The van der Waals surface area contributed by atoms with Crippen molar-refractivity contribution in [1.82, 2.24) is 19.9 Å². The number of nitrogens with one attached hydrogen (secondary N) is 1. The fourth-order valence-electron chi connectivity index (χ4n) is 1.60. The molecule has 0 bridgehead atoms. The summed E-state index contributed by atoms with van der Waals surface area (Å²) in [5.74, 6) is 0.504. The minimum Gasteiger partial charge on any atom is -0.460 e. The third-order valence-electron chi connectivity index (χ3n) is 2.37. The number of carbonyl (C=O) groups excluding carboxylic acids is 1. The second-order valence-electron chi connectivity index (χ2n) is 3.78. The first-order valence-electron chi connectivity index (χ1n) is 5.85. The van der Waals surface area contributed by atoms with Gasteiger partial charge in [-0.1, -0.05) is 6.92 Å². The Balaban J connectivity index is 2.44. The maximum absolute atomic E-state index is 11.5. The van der Waals surface area contributed by atoms with Crippen LogP contribution in [0, 0.1) is 0 Å². The highest BCUT2D eigenvalue weighted by Crippen LogP contribution is 2.16. The van der Waals surface area contributed by atoms with Crippen molar-refractivity contribution in [2.24, 2.45) is 0 Å². The molecule has 0 spiro atoms. The average Bonchev–Trinajstić information content (AvgIpc) is 2.74. The number of hydrogen-bond acceptors (Lipinski definition) is 6. The van der Waals surface area contributed by atoms with Crippen molar-refractivity contribution in [2.45, 2.75) is 26.7 Å². The number of fused-ring (bicyclic) bond motifs is 1. The monoisotopic (exact) mass is 249 g/mol. The van der Waals surface area contributed by atoms with E-state index in [0.717, 1.165) is 12.8 Å². The number of nitrogens with two attached hydrogens (primary N) is 1. The van der Waals surface area contributed by atoms with Crippen molar-refractivity contribution in [3.05, 3.63) is 11.6 Å². The molecular formula is C11H15N5O2. The lowest BCUT2D eigenvalue weighted by atomic mass is 10.3. The van der Waals surface area contributed by atoms with Crippen LogP contribution in [-0.2, 0) is 11.2 Å². The van der Waals surface area contributed by atoms with Crippen LogP contribution < -0.4 is 5.73 Å². The maximum Gasteiger partial charge on any atom is 0.374 e. The van der Waals surface area contributed by atoms with Crippen LogP contribution in [0.4, 0.5) is 5.82 Å². The lowest BCUT2D eigenvalue weighted by Crippen LogP contribution is -2.06. The van der Waals surface area contributed by atoms with E-state index in [9.17, 15) is 4.79 Å². The van der Waals surface area contributed by atoms with Gasteiger partial charge in [-0.15, -0.1) is 0 Å². The first-order chi connectivity index (χ1) is 8.65. The fraction of sp³-hybridized carbons (Fsp3) is 0.455. The summed E-state index contributed by atoms with van der Waals surface area (Å²) in [6.45, 7) is 4.05. The van der Waals surface area contributed by atoms with Crippen LogP contribution in [0.1, 0.15) is 36.7 Å². The van der Waals surface area contributed by atoms with Gasteiger partial charge in [-0.25, -0.2) is 19.7 Å². The quantitative estimate of drug-likeness (QED) is 0.785. The second-order valence-corrected chi connectivity index (χ2v) is 3.78. The molecule has 2 rings (SSSR count). The van der Waals surface area contributed by atoms with Crippen LogP contribution in [-0.4, -0.2) is 32.5 Å². The van der Waals surface area contributed by atoms with Crippen LogP contribution in [0.15, 0.2) is 0 Å². The molecule has 7 heteroatoms. The molecule has 0 amide bonds. The summed E-state index contributed by atoms with van der Waals surface area (Å²) in [5, 5.41) is 0. The van der Waals surface area contributed by atoms with Gasteiger partial charge in [0.15, 0.2) is 11.5 Å². The molecule has 0 atom stereocenters. The molecule has 18 heavy (non-hydrogen) atoms. The van der Waals surface area contributed by atoms with Gasteiger partial charge in [-0.3, -0.25) is 0 Å². The number of ether oxygens (including phenoxy) is 1. The molecule has 0 aliphatic heterocycles. The molecule has 0 fully saturated rings. The minimum absolute atomic E-state index is 0.0986. The number of H-pyrrole nitrogens is 1. The molecular weight excluding hydrogens is 234 g/mol. The van der Waals surface area contributed by atoms with Crippen LogP contribution in [0.2, 0.25) is 0 Å². The molecule has 0 aliphatic carbocycles. The fourth-order valence-corrected chi connectivity index (χ4v) is 1.60. The summed E-state index contributed by atoms with van der Waals surface area (Å²) < 4.78 is 4.85. The summed E-state index contributed by atoms with van der Waals surface area (Å²) in [5.41, 5.74) is 6.67. The molecule has 2 heterocycles. The Morgan fingerprint density at radius 3 is 2.78 bits per heavy atom. The summed E-state index contributed by atoms with van der Waals surface area (Å²) in [6.07, 6.45) is 1.64. The number of esters is 1. The number of nitrogen functional groups attached to an aromatic ring is 1. The zero-order valence-corrected chi connectivity index (χ0v) is 10.4. The van der Waals surface area contributed by atoms with Crippen LogP contribution in [0.5, 0.6) is 0 Å². The molecule has 96 valence electrons. The Kier molecular flexibility index (Phi) is 3.40. The molecule has 2 aromatic rings. The Bertz CT molecular complexity index is 578. The zero-order valence-electron chi connectivity index (χ0n) is 10.4. The van der Waals surface area contributed by atoms with Crippen molar-refractivity contribution >= 4 is 23.0 Å². The number of aromatic amines is 1. The molecule has 0 aromatic carbocycles. The molecule has 7 nitrogen and oxygen atoms in total. The second kappa shape index (κ2) is 4.99. The van der Waals surface area contributed by atoms with Crippen LogP contribution in [0.25, 0.3) is 11.2 Å². The lowest BCUT2D eigenvalue weighted by Gasteiger charge is -1.98. The standard InChI is InChI=1S/C11H15N5O2/c1-3-5-6-13-8(12)7-9(14-6)16-10(15-7)11(17)18-4-2/h3-5H2,1-2H3,(H3,12,13,14,15,16). The van der Waals surface area contributed by atoms with Crippen molar-refractivity contribution in [2.75, 3.05) is 12.3 Å². The Hall–Kier alpha value is -2.18. The van der Waals surface area contributed by atoms with E-state index in [1.54, 1.807) is 6.92 Å². The number of imidazole rings is 1. The number of aromatic nitrogens is 4. The smallest absolute Gasteiger partial charge is 0.374 e. The van der Waals surface area contributed by atoms with E-state index >= 15 is 0 Å². The Morgan fingerprint density at radius 2 is 2.11 bits per heavy atom. The lowest BCUT2D eigenvalue weighted by molar-refractivity contribution is 0.0513. The summed E-state index contributed by atoms with van der Waals surface area (Å²) in [6, 6.07) is 0. The van der Waals surface area contributed by atoms with Gasteiger partial charge in [-0.2, -0.15) is 0 Å². The zero-order chi connectivity index (χ0) is 13.1. The highest BCUT2D eigenvalue weighted by molar-refractivity contribution is 5.91. The number of hydrogen-bond donors (Lipinski definition) is 2. The van der Waals surface area contributed by atoms with E-state index in [4.69, 9.17) is 10.5 Å². The normalized spacial score (nSPS) is 10.8. The predicted molar refractivity (Wildman–Crippen MR) is 66.0 cm³/mol. The average molecular weight is 249 g/mol. The van der Waals surface area contributed by atoms with E-state index < -0.39 is 5.97 Å². The predicted octanol–water partition coefficient (Wildman–Crippen LogP) is 1.06. The van der Waals surface area contributed by atoms with Gasteiger partial charge in [0, 0.05) is 6.42 Å². The molecule has 0 saturated heterocycles. The number of rotatable bonds is 4. The minimum atomic E-state index is -0.521. The maximum atomic E-state index is 11.5. The molecule has 0 radical (unpaired) electrons. The number of nitrogens with zero attached hydrogens (tertiary/aromatic N) is 3. The van der Waals surface area contributed by atoms with E-state index in [1.807, 2.05) is 6.92 Å². The van der Waals surface area contributed by atoms with E-state index in [1.165, 1.54) is 0 Å². The van der Waals surface area contributed by atoms with Gasteiger partial charge in [0.25, 0.3) is 0 Å². The summed E-state index contributed by atoms with van der Waals surface area (Å²) in [4.78, 5) is 26.8. The van der Waals surface area contributed by atoms with Crippen LogP contribution >= 0.6 is 0 Å². The van der Waals surface area contributed by atoms with Gasteiger partial charge in [0.2, 0.25) is 5.82 Å². The van der Waals surface area contributed by atoms with E-state index in [0.29, 0.717) is 22.8 Å². The van der Waals surface area contributed by atoms with Crippen molar-refractivity contribution in [3.8, 4) is 0 Å². The molecule has 0 saturated carbocycles. The SMILES string of the molecule is CCCc1nc(N)c2[nH]c(C(=O)OCC)nc2n1. The van der Waals surface area contributed by atoms with Crippen molar-refractivity contribution in [3.63, 3.8) is 0 Å². The van der Waals surface area contributed by atoms with Crippen molar-refractivity contribution in [1.29, 1.82) is 0 Å². The third kappa shape index (κ3) is 2.24. The van der Waals surface area contributed by atoms with Gasteiger partial charge in [0.1, 0.15) is 11.3 Å². The van der Waals surface area contributed by atoms with Crippen molar-refractivity contribution < 1.29 is 9.53 Å². The number of carbonyl (C=O) groups is 1. The molecule has 3 N–H and O–H groups in total. The van der Waals surface area contributed by atoms with E-state index in [2.05, 4.69) is 19.9 Å². The summed E-state index contributed by atoms with van der Waals surface area (Å²) >= 11 is 0. The van der Waals surface area contributed by atoms with E-state index in [-0.39, 0.29) is 12.4 Å². The highest BCUT2D eigenvalue weighted by Gasteiger charge is 2.16. The van der Waals surface area contributed by atoms with Gasteiger partial charge < -0.3 is 15.5 Å². The largest absolute Gasteiger partial charge is 0.460 e.